The summed E-state index contributed by atoms with van der Waals surface area (Å²) in [4.78, 5) is 9.98. The lowest BCUT2D eigenvalue weighted by atomic mass is 9.91. The molecular formula is C41H33N3. The second kappa shape index (κ2) is 11.0. The topological polar surface area (TPSA) is 18.8 Å². The van der Waals surface area contributed by atoms with Gasteiger partial charge in [0, 0.05) is 35.5 Å². The Morgan fingerprint density at radius 3 is 2.09 bits per heavy atom. The van der Waals surface area contributed by atoms with E-state index in [9.17, 15) is 0 Å². The highest BCUT2D eigenvalue weighted by Crippen LogP contribution is 2.47. The van der Waals surface area contributed by atoms with Crippen LogP contribution in [0.3, 0.4) is 0 Å². The molecule has 44 heavy (non-hydrogen) atoms. The molecule has 3 heteroatoms. The quantitative estimate of drug-likeness (QED) is 0.211. The van der Waals surface area contributed by atoms with Crippen molar-refractivity contribution in [1.82, 2.24) is 4.90 Å². The third kappa shape index (κ3) is 4.58. The van der Waals surface area contributed by atoms with E-state index in [1.54, 1.807) is 0 Å². The zero-order valence-electron chi connectivity index (χ0n) is 24.7. The molecule has 0 bridgehead atoms. The first-order valence-corrected chi connectivity index (χ1v) is 15.3. The van der Waals surface area contributed by atoms with Gasteiger partial charge in [-0.2, -0.15) is 0 Å². The fraction of sp³-hybridized carbons (Fsp3) is 0.0976. The van der Waals surface area contributed by atoms with Crippen LogP contribution in [0.2, 0.25) is 0 Å². The van der Waals surface area contributed by atoms with Crippen LogP contribution >= 0.6 is 0 Å². The molecule has 2 aliphatic heterocycles. The highest BCUT2D eigenvalue weighted by Gasteiger charge is 2.36. The maximum atomic E-state index is 5.23. The number of allylic oxidation sites excluding steroid dienone is 2. The van der Waals surface area contributed by atoms with E-state index < -0.39 is 0 Å². The van der Waals surface area contributed by atoms with Gasteiger partial charge in [-0.3, -0.25) is 0 Å². The van der Waals surface area contributed by atoms with E-state index in [1.807, 2.05) is 0 Å². The molecule has 212 valence electrons. The van der Waals surface area contributed by atoms with Gasteiger partial charge in [-0.1, -0.05) is 133 Å². The number of fused-ring (bicyclic) bond motifs is 3. The molecule has 3 aliphatic rings. The van der Waals surface area contributed by atoms with Gasteiger partial charge in [-0.15, -0.1) is 0 Å². The number of hydrogen-bond donors (Lipinski definition) is 0. The third-order valence-corrected chi connectivity index (χ3v) is 9.06. The Hall–Kier alpha value is -5.41. The maximum absolute atomic E-state index is 5.23. The van der Waals surface area contributed by atoms with Crippen molar-refractivity contribution in [1.29, 1.82) is 0 Å². The normalized spacial score (nSPS) is 20.2. The summed E-state index contributed by atoms with van der Waals surface area (Å²) in [5, 5.41) is 0. The lowest BCUT2D eigenvalue weighted by molar-refractivity contribution is 0.435. The molecule has 0 spiro atoms. The second-order valence-corrected chi connectivity index (χ2v) is 11.7. The average molecular weight is 568 g/mol. The van der Waals surface area contributed by atoms with Crippen molar-refractivity contribution < 1.29 is 0 Å². The van der Waals surface area contributed by atoms with E-state index in [2.05, 4.69) is 181 Å². The van der Waals surface area contributed by atoms with Crippen molar-refractivity contribution in [3.05, 3.63) is 186 Å². The Labute approximate surface area is 259 Å². The minimum Gasteiger partial charge on any atom is -0.349 e. The Morgan fingerprint density at radius 2 is 1.27 bits per heavy atom. The number of anilines is 2. The van der Waals surface area contributed by atoms with Gasteiger partial charge < -0.3 is 9.80 Å². The first kappa shape index (κ1) is 26.2. The van der Waals surface area contributed by atoms with Crippen LogP contribution < -0.4 is 4.90 Å². The summed E-state index contributed by atoms with van der Waals surface area (Å²) in [7, 11) is 2.13. The van der Waals surface area contributed by atoms with Crippen LogP contribution in [0.15, 0.2) is 169 Å². The highest BCUT2D eigenvalue weighted by molar-refractivity contribution is 6.03. The smallest absolute Gasteiger partial charge is 0.137 e. The number of hydrogen-bond acceptors (Lipinski definition) is 3. The van der Waals surface area contributed by atoms with Crippen LogP contribution in [-0.4, -0.2) is 23.8 Å². The summed E-state index contributed by atoms with van der Waals surface area (Å²) >= 11 is 0. The lowest BCUT2D eigenvalue weighted by Gasteiger charge is -2.33. The molecule has 0 aromatic heterocycles. The Morgan fingerprint density at radius 1 is 0.591 bits per heavy atom. The predicted octanol–water partition coefficient (Wildman–Crippen LogP) is 9.56. The second-order valence-electron chi connectivity index (χ2n) is 11.7. The predicted molar refractivity (Wildman–Crippen MR) is 183 cm³/mol. The number of para-hydroxylation sites is 1. The van der Waals surface area contributed by atoms with Crippen molar-refractivity contribution in [3.8, 4) is 11.1 Å². The van der Waals surface area contributed by atoms with Crippen LogP contribution in [0.25, 0.3) is 16.8 Å². The Kier molecular flexibility index (Phi) is 6.57. The van der Waals surface area contributed by atoms with Crippen LogP contribution in [0.5, 0.6) is 0 Å². The minimum atomic E-state index is 0.0812. The SMILES string of the molecule is CN1C(c2ccccc2)=NC(c2cccc(-c3ccc(N4c5ccccc5C5C=CC=CC54)cc3)c2)=CC1c1ccccc1. The molecule has 8 rings (SSSR count). The van der Waals surface area contributed by atoms with Gasteiger partial charge in [-0.05, 0) is 52.6 Å². The van der Waals surface area contributed by atoms with Crippen LogP contribution in [0.1, 0.15) is 34.2 Å². The average Bonchev–Trinajstić information content (AvgIpc) is 3.44. The van der Waals surface area contributed by atoms with E-state index in [0.29, 0.717) is 12.0 Å². The van der Waals surface area contributed by atoms with Crippen LogP contribution in [-0.2, 0) is 0 Å². The number of nitrogens with zero attached hydrogens (tertiary/aromatic N) is 3. The lowest BCUT2D eigenvalue weighted by Crippen LogP contribution is -2.33. The number of rotatable bonds is 5. The minimum absolute atomic E-state index is 0.0812. The standard InChI is InChI=1S/C41H33N3/c1-43-40(30-13-4-2-5-14-30)28-37(42-41(43)31-15-6-3-7-16-31)33-18-12-17-32(27-33)29-23-25-34(26-24-29)44-38-21-10-8-19-35(38)36-20-9-11-22-39(36)44/h2-28,35,38,40H,1H3. The number of amidine groups is 1. The Bertz CT molecular complexity index is 1930. The van der Waals surface area contributed by atoms with E-state index in [4.69, 9.17) is 4.99 Å². The molecule has 0 fully saturated rings. The molecular weight excluding hydrogens is 534 g/mol. The zero-order valence-corrected chi connectivity index (χ0v) is 24.7. The largest absolute Gasteiger partial charge is 0.349 e. The molecule has 3 unspecified atom stereocenters. The van der Waals surface area contributed by atoms with Gasteiger partial charge in [0.05, 0.1) is 17.8 Å². The molecule has 0 amide bonds. The molecule has 3 nitrogen and oxygen atoms in total. The molecule has 5 aromatic rings. The van der Waals surface area contributed by atoms with Gasteiger partial charge in [0.2, 0.25) is 0 Å². The number of aliphatic imine (C=N–C) groups is 1. The molecule has 5 aromatic carbocycles. The van der Waals surface area contributed by atoms with Gasteiger partial charge >= 0.3 is 0 Å². The summed E-state index contributed by atoms with van der Waals surface area (Å²) in [6, 6.07) is 48.2. The van der Waals surface area contributed by atoms with Gasteiger partial charge in [0.25, 0.3) is 0 Å². The molecule has 1 aliphatic carbocycles. The maximum Gasteiger partial charge on any atom is 0.137 e. The monoisotopic (exact) mass is 567 g/mol. The van der Waals surface area contributed by atoms with Crippen molar-refractivity contribution in [2.24, 2.45) is 4.99 Å². The van der Waals surface area contributed by atoms with Crippen molar-refractivity contribution >= 4 is 22.9 Å². The zero-order chi connectivity index (χ0) is 29.5. The highest BCUT2D eigenvalue weighted by atomic mass is 15.2. The van der Waals surface area contributed by atoms with Crippen molar-refractivity contribution in [3.63, 3.8) is 0 Å². The molecule has 0 saturated heterocycles. The summed E-state index contributed by atoms with van der Waals surface area (Å²) in [6.07, 6.45) is 11.3. The fourth-order valence-corrected chi connectivity index (χ4v) is 6.87. The van der Waals surface area contributed by atoms with E-state index in [-0.39, 0.29) is 6.04 Å². The van der Waals surface area contributed by atoms with Crippen LogP contribution in [0, 0.1) is 0 Å². The molecule has 0 N–H and O–H groups in total. The molecule has 0 radical (unpaired) electrons. The van der Waals surface area contributed by atoms with Gasteiger partial charge in [0.1, 0.15) is 5.84 Å². The van der Waals surface area contributed by atoms with Crippen molar-refractivity contribution in [2.75, 3.05) is 11.9 Å². The number of benzene rings is 5. The summed E-state index contributed by atoms with van der Waals surface area (Å²) < 4.78 is 0. The number of likely N-dealkylation sites (N-methyl/N-ethyl adjacent to an activating group) is 1. The summed E-state index contributed by atoms with van der Waals surface area (Å²) in [5.41, 5.74) is 10.7. The Balaban J connectivity index is 1.14. The summed E-state index contributed by atoms with van der Waals surface area (Å²) in [6.45, 7) is 0. The first-order chi connectivity index (χ1) is 21.7. The van der Waals surface area contributed by atoms with Gasteiger partial charge in [-0.25, -0.2) is 4.99 Å². The molecule has 0 saturated carbocycles. The molecule has 3 atom stereocenters. The molecule has 2 heterocycles. The summed E-state index contributed by atoms with van der Waals surface area (Å²) in [5.74, 6) is 1.36. The van der Waals surface area contributed by atoms with E-state index >= 15 is 0 Å². The van der Waals surface area contributed by atoms with Gasteiger partial charge in [0.15, 0.2) is 0 Å². The van der Waals surface area contributed by atoms with E-state index in [0.717, 1.165) is 22.7 Å². The van der Waals surface area contributed by atoms with Crippen LogP contribution in [0.4, 0.5) is 11.4 Å². The first-order valence-electron chi connectivity index (χ1n) is 15.3. The van der Waals surface area contributed by atoms with Crippen molar-refractivity contribution in [2.45, 2.75) is 18.0 Å². The van der Waals surface area contributed by atoms with E-state index in [1.165, 1.54) is 33.6 Å². The fourth-order valence-electron chi connectivity index (χ4n) is 6.87. The third-order valence-electron chi connectivity index (χ3n) is 9.06.